The molecule has 0 spiro atoms. The Bertz CT molecular complexity index is 326. The van der Waals surface area contributed by atoms with E-state index in [0.717, 1.165) is 13.1 Å². The molecule has 13 heavy (non-hydrogen) atoms. The molecule has 2 heterocycles. The van der Waals surface area contributed by atoms with Crippen molar-refractivity contribution in [2.24, 2.45) is 0 Å². The maximum absolute atomic E-state index is 11.3. The average molecular weight is 178 g/mol. The number of nitrogens with one attached hydrogen (secondary N) is 1. The number of pyridine rings is 1. The van der Waals surface area contributed by atoms with E-state index in [1.165, 1.54) is 12.8 Å². The lowest BCUT2D eigenvalue weighted by molar-refractivity contribution is 0.499. The zero-order chi connectivity index (χ0) is 9.10. The molecule has 0 unspecified atom stereocenters. The van der Waals surface area contributed by atoms with Crippen molar-refractivity contribution < 1.29 is 0 Å². The molecule has 0 saturated carbocycles. The first-order chi connectivity index (χ1) is 6.36. The summed E-state index contributed by atoms with van der Waals surface area (Å²) in [5.74, 6) is 0. The van der Waals surface area contributed by atoms with Crippen molar-refractivity contribution >= 4 is 0 Å². The Labute approximate surface area is 77.4 Å². The molecule has 1 aromatic heterocycles. The maximum atomic E-state index is 11.3. The lowest BCUT2D eigenvalue weighted by atomic mass is 10.2. The highest BCUT2D eigenvalue weighted by molar-refractivity contribution is 4.94. The van der Waals surface area contributed by atoms with E-state index in [1.807, 2.05) is 12.3 Å². The fourth-order valence-corrected chi connectivity index (χ4v) is 1.76. The van der Waals surface area contributed by atoms with E-state index in [2.05, 4.69) is 5.32 Å². The van der Waals surface area contributed by atoms with Gasteiger partial charge in [-0.3, -0.25) is 4.79 Å². The third-order valence-corrected chi connectivity index (χ3v) is 2.48. The fourth-order valence-electron chi connectivity index (χ4n) is 1.76. The predicted molar refractivity (Wildman–Crippen MR) is 51.7 cm³/mol. The highest BCUT2D eigenvalue weighted by atomic mass is 16.1. The van der Waals surface area contributed by atoms with Crippen molar-refractivity contribution in [3.63, 3.8) is 0 Å². The molecule has 3 nitrogen and oxygen atoms in total. The van der Waals surface area contributed by atoms with Crippen molar-refractivity contribution in [1.82, 2.24) is 9.88 Å². The minimum atomic E-state index is 0.0937. The van der Waals surface area contributed by atoms with Crippen molar-refractivity contribution in [1.29, 1.82) is 0 Å². The minimum absolute atomic E-state index is 0.0937. The number of nitrogens with zero attached hydrogens (tertiary/aromatic N) is 1. The van der Waals surface area contributed by atoms with Gasteiger partial charge in [-0.2, -0.15) is 0 Å². The third-order valence-electron chi connectivity index (χ3n) is 2.48. The van der Waals surface area contributed by atoms with Gasteiger partial charge >= 0.3 is 0 Å². The van der Waals surface area contributed by atoms with E-state index in [0.29, 0.717) is 6.04 Å². The standard InChI is InChI=1S/C10H14N2O/c13-10-5-1-2-7-12(10)8-9-4-3-6-11-9/h1-2,5,7,9,11H,3-4,6,8H2/t9-/m0/s1. The summed E-state index contributed by atoms with van der Waals surface area (Å²) in [6.45, 7) is 1.89. The summed E-state index contributed by atoms with van der Waals surface area (Å²) >= 11 is 0. The van der Waals surface area contributed by atoms with Crippen LogP contribution in [-0.4, -0.2) is 17.2 Å². The highest BCUT2D eigenvalue weighted by Crippen LogP contribution is 2.05. The van der Waals surface area contributed by atoms with Crippen LogP contribution in [0.3, 0.4) is 0 Å². The molecule has 0 bridgehead atoms. The van der Waals surface area contributed by atoms with E-state index in [1.54, 1.807) is 16.7 Å². The van der Waals surface area contributed by atoms with Crippen LogP contribution in [0.15, 0.2) is 29.2 Å². The van der Waals surface area contributed by atoms with Crippen molar-refractivity contribution in [3.8, 4) is 0 Å². The highest BCUT2D eigenvalue weighted by Gasteiger charge is 2.14. The van der Waals surface area contributed by atoms with Crippen LogP contribution < -0.4 is 10.9 Å². The van der Waals surface area contributed by atoms with E-state index in [-0.39, 0.29) is 5.56 Å². The second kappa shape index (κ2) is 3.75. The molecule has 0 amide bonds. The molecule has 1 saturated heterocycles. The Kier molecular flexibility index (Phi) is 2.45. The van der Waals surface area contributed by atoms with Gasteiger partial charge in [0.1, 0.15) is 0 Å². The molecule has 0 radical (unpaired) electrons. The van der Waals surface area contributed by atoms with Crippen molar-refractivity contribution in [2.75, 3.05) is 6.54 Å². The van der Waals surface area contributed by atoms with Gasteiger partial charge in [0.25, 0.3) is 5.56 Å². The van der Waals surface area contributed by atoms with Crippen molar-refractivity contribution in [2.45, 2.75) is 25.4 Å². The van der Waals surface area contributed by atoms with Crippen LogP contribution in [0.2, 0.25) is 0 Å². The summed E-state index contributed by atoms with van der Waals surface area (Å²) in [7, 11) is 0. The molecule has 1 N–H and O–H groups in total. The largest absolute Gasteiger partial charge is 0.314 e. The second-order valence-electron chi connectivity index (χ2n) is 3.48. The number of rotatable bonds is 2. The molecule has 1 fully saturated rings. The molecule has 2 rings (SSSR count). The fraction of sp³-hybridized carbons (Fsp3) is 0.500. The van der Waals surface area contributed by atoms with Gasteiger partial charge in [-0.25, -0.2) is 0 Å². The minimum Gasteiger partial charge on any atom is -0.314 e. The Morgan fingerprint density at radius 3 is 3.15 bits per heavy atom. The molecule has 70 valence electrons. The number of hydrogen-bond acceptors (Lipinski definition) is 2. The van der Waals surface area contributed by atoms with Crippen LogP contribution >= 0.6 is 0 Å². The van der Waals surface area contributed by atoms with Crippen LogP contribution in [0.25, 0.3) is 0 Å². The molecule has 3 heteroatoms. The first-order valence-electron chi connectivity index (χ1n) is 4.75. The van der Waals surface area contributed by atoms with Crippen LogP contribution in [0.1, 0.15) is 12.8 Å². The third kappa shape index (κ3) is 1.98. The normalized spacial score (nSPS) is 22.0. The SMILES string of the molecule is O=c1ccccn1C[C@@H]1CCCN1. The van der Waals surface area contributed by atoms with E-state index >= 15 is 0 Å². The number of hydrogen-bond donors (Lipinski definition) is 1. The molecule has 0 aliphatic carbocycles. The Morgan fingerprint density at radius 2 is 2.46 bits per heavy atom. The molecule has 1 aliphatic heterocycles. The molecular formula is C10H14N2O. The molecule has 1 aliphatic rings. The topological polar surface area (TPSA) is 34.0 Å². The second-order valence-corrected chi connectivity index (χ2v) is 3.48. The molecule has 1 atom stereocenters. The van der Waals surface area contributed by atoms with Gasteiger partial charge in [0.15, 0.2) is 0 Å². The summed E-state index contributed by atoms with van der Waals surface area (Å²) in [5.41, 5.74) is 0.0937. The van der Waals surface area contributed by atoms with E-state index in [9.17, 15) is 4.79 Å². The first kappa shape index (κ1) is 8.51. The van der Waals surface area contributed by atoms with Gasteiger partial charge in [-0.05, 0) is 25.5 Å². The van der Waals surface area contributed by atoms with Gasteiger partial charge in [0.05, 0.1) is 0 Å². The summed E-state index contributed by atoms with van der Waals surface area (Å²) < 4.78 is 1.77. The zero-order valence-electron chi connectivity index (χ0n) is 7.57. The monoisotopic (exact) mass is 178 g/mol. The van der Waals surface area contributed by atoms with Crippen LogP contribution in [0.4, 0.5) is 0 Å². The van der Waals surface area contributed by atoms with Gasteiger partial charge in [-0.1, -0.05) is 6.07 Å². The lowest BCUT2D eigenvalue weighted by Crippen LogP contribution is -2.31. The zero-order valence-corrected chi connectivity index (χ0v) is 7.57. The Morgan fingerprint density at radius 1 is 1.54 bits per heavy atom. The molecule has 1 aromatic rings. The lowest BCUT2D eigenvalue weighted by Gasteiger charge is -2.11. The van der Waals surface area contributed by atoms with E-state index < -0.39 is 0 Å². The van der Waals surface area contributed by atoms with Gasteiger partial charge in [0, 0.05) is 24.8 Å². The molecular weight excluding hydrogens is 164 g/mol. The summed E-state index contributed by atoms with van der Waals surface area (Å²) in [4.78, 5) is 11.3. The summed E-state index contributed by atoms with van der Waals surface area (Å²) in [6.07, 6.45) is 4.26. The maximum Gasteiger partial charge on any atom is 0.250 e. The average Bonchev–Trinajstić information content (AvgIpc) is 2.61. The predicted octanol–water partition coefficient (Wildman–Crippen LogP) is 0.600. The Hall–Kier alpha value is -1.09. The van der Waals surface area contributed by atoms with Crippen LogP contribution in [0.5, 0.6) is 0 Å². The van der Waals surface area contributed by atoms with Crippen molar-refractivity contribution in [3.05, 3.63) is 34.7 Å². The molecule has 0 aromatic carbocycles. The Balaban J connectivity index is 2.08. The van der Waals surface area contributed by atoms with E-state index in [4.69, 9.17) is 0 Å². The summed E-state index contributed by atoms with van der Waals surface area (Å²) in [5, 5.41) is 3.37. The number of aromatic nitrogens is 1. The van der Waals surface area contributed by atoms with Gasteiger partial charge in [0.2, 0.25) is 0 Å². The smallest absolute Gasteiger partial charge is 0.250 e. The quantitative estimate of drug-likeness (QED) is 0.719. The summed E-state index contributed by atoms with van der Waals surface area (Å²) in [6, 6.07) is 5.77. The van der Waals surface area contributed by atoms with Crippen LogP contribution in [0, 0.1) is 0 Å². The van der Waals surface area contributed by atoms with Gasteiger partial charge in [-0.15, -0.1) is 0 Å². The van der Waals surface area contributed by atoms with Crippen LogP contribution in [-0.2, 0) is 6.54 Å². The first-order valence-corrected chi connectivity index (χ1v) is 4.75. The van der Waals surface area contributed by atoms with Gasteiger partial charge < -0.3 is 9.88 Å².